The van der Waals surface area contributed by atoms with Crippen LogP contribution in [0.2, 0.25) is 5.28 Å². The lowest BCUT2D eigenvalue weighted by Gasteiger charge is -2.14. The van der Waals surface area contributed by atoms with Gasteiger partial charge < -0.3 is 9.80 Å². The second-order valence-electron chi connectivity index (χ2n) is 6.16. The van der Waals surface area contributed by atoms with Crippen molar-refractivity contribution in [3.05, 3.63) is 53.8 Å². The van der Waals surface area contributed by atoms with Crippen LogP contribution in [0.1, 0.15) is 0 Å². The van der Waals surface area contributed by atoms with Crippen LogP contribution in [0.15, 0.2) is 48.5 Å². The van der Waals surface area contributed by atoms with Gasteiger partial charge in [0.25, 0.3) is 0 Å². The number of nitrogens with zero attached hydrogens (tertiary/aromatic N) is 5. The van der Waals surface area contributed by atoms with Gasteiger partial charge in [-0.1, -0.05) is 24.3 Å². The van der Waals surface area contributed by atoms with Crippen molar-refractivity contribution >= 4 is 23.0 Å². The lowest BCUT2D eigenvalue weighted by molar-refractivity contribution is 0.981. The number of aromatic nitrogens is 3. The Morgan fingerprint density at radius 3 is 1.52 bits per heavy atom. The number of rotatable bonds is 4. The Hall–Kier alpha value is -2.66. The first kappa shape index (κ1) is 17.2. The first-order valence-corrected chi connectivity index (χ1v) is 8.29. The summed E-state index contributed by atoms with van der Waals surface area (Å²) in [6.45, 7) is 0. The molecule has 0 amide bonds. The van der Waals surface area contributed by atoms with Gasteiger partial charge in [-0.15, -0.1) is 10.2 Å². The maximum absolute atomic E-state index is 6.00. The van der Waals surface area contributed by atoms with Gasteiger partial charge >= 0.3 is 0 Å². The van der Waals surface area contributed by atoms with Gasteiger partial charge in [-0.25, -0.2) is 4.98 Å². The van der Waals surface area contributed by atoms with Crippen LogP contribution >= 0.6 is 11.6 Å². The summed E-state index contributed by atoms with van der Waals surface area (Å²) in [7, 11) is 8.04. The molecule has 6 heteroatoms. The number of hydrogen-bond donors (Lipinski definition) is 0. The molecule has 0 radical (unpaired) electrons. The van der Waals surface area contributed by atoms with Crippen LogP contribution in [0.4, 0.5) is 11.4 Å². The highest BCUT2D eigenvalue weighted by Crippen LogP contribution is 2.31. The van der Waals surface area contributed by atoms with Crippen molar-refractivity contribution in [1.82, 2.24) is 15.2 Å². The first-order chi connectivity index (χ1) is 12.0. The van der Waals surface area contributed by atoms with E-state index in [4.69, 9.17) is 11.6 Å². The predicted octanol–water partition coefficient (Wildman–Crippen LogP) is 3.99. The number of anilines is 2. The smallest absolute Gasteiger partial charge is 0.243 e. The fourth-order valence-electron chi connectivity index (χ4n) is 2.54. The van der Waals surface area contributed by atoms with E-state index < -0.39 is 0 Å². The molecule has 0 bridgehead atoms. The van der Waals surface area contributed by atoms with E-state index >= 15 is 0 Å². The van der Waals surface area contributed by atoms with E-state index in [1.807, 2.05) is 76.7 Å². The van der Waals surface area contributed by atoms with Crippen LogP contribution in [0.5, 0.6) is 0 Å². The standard InChI is InChI=1S/C19H20ClN5/c1-24(2)15-9-5-13(6-10-15)17-18(22-23-19(20)21-17)14-7-11-16(12-8-14)25(3)4/h5-12H,1-4H3. The quantitative estimate of drug-likeness (QED) is 0.709. The zero-order valence-electron chi connectivity index (χ0n) is 14.7. The molecule has 0 spiro atoms. The van der Waals surface area contributed by atoms with Gasteiger partial charge in [-0.3, -0.25) is 0 Å². The van der Waals surface area contributed by atoms with Gasteiger partial charge in [0.2, 0.25) is 5.28 Å². The Labute approximate surface area is 152 Å². The molecule has 5 nitrogen and oxygen atoms in total. The highest BCUT2D eigenvalue weighted by atomic mass is 35.5. The molecule has 0 N–H and O–H groups in total. The molecule has 0 saturated heterocycles. The van der Waals surface area contributed by atoms with Crippen molar-refractivity contribution in [3.8, 4) is 22.5 Å². The van der Waals surface area contributed by atoms with Gasteiger partial charge in [0.05, 0.1) is 0 Å². The zero-order valence-corrected chi connectivity index (χ0v) is 15.5. The van der Waals surface area contributed by atoms with Gasteiger partial charge in [0.1, 0.15) is 11.4 Å². The summed E-state index contributed by atoms with van der Waals surface area (Å²) in [6, 6.07) is 16.3. The van der Waals surface area contributed by atoms with Crippen molar-refractivity contribution in [3.63, 3.8) is 0 Å². The van der Waals surface area contributed by atoms with E-state index in [9.17, 15) is 0 Å². The lowest BCUT2D eigenvalue weighted by Crippen LogP contribution is -2.08. The minimum Gasteiger partial charge on any atom is -0.378 e. The molecule has 0 aliphatic heterocycles. The minimum absolute atomic E-state index is 0.139. The molecule has 3 aromatic rings. The topological polar surface area (TPSA) is 45.2 Å². The van der Waals surface area contributed by atoms with Crippen LogP contribution in [-0.2, 0) is 0 Å². The second kappa shape index (κ2) is 7.07. The Bertz CT molecular complexity index is 858. The fourth-order valence-corrected chi connectivity index (χ4v) is 2.66. The Morgan fingerprint density at radius 1 is 0.640 bits per heavy atom. The molecule has 0 fully saturated rings. The first-order valence-electron chi connectivity index (χ1n) is 7.91. The van der Waals surface area contributed by atoms with Crippen LogP contribution in [0.3, 0.4) is 0 Å². The SMILES string of the molecule is CN(C)c1ccc(-c2nnc(Cl)nc2-c2ccc(N(C)C)cc2)cc1. The van der Waals surface area contributed by atoms with Gasteiger partial charge in [0, 0.05) is 50.7 Å². The van der Waals surface area contributed by atoms with Crippen molar-refractivity contribution in [1.29, 1.82) is 0 Å². The fraction of sp³-hybridized carbons (Fsp3) is 0.211. The average Bonchev–Trinajstić information content (AvgIpc) is 2.62. The monoisotopic (exact) mass is 353 g/mol. The van der Waals surface area contributed by atoms with Gasteiger partial charge in [-0.05, 0) is 35.9 Å². The molecular formula is C19H20ClN5. The largest absolute Gasteiger partial charge is 0.378 e. The molecule has 25 heavy (non-hydrogen) atoms. The number of halogens is 1. The lowest BCUT2D eigenvalue weighted by atomic mass is 10.0. The second-order valence-corrected chi connectivity index (χ2v) is 6.50. The van der Waals surface area contributed by atoms with E-state index in [1.165, 1.54) is 0 Å². The third-order valence-corrected chi connectivity index (χ3v) is 4.14. The molecule has 0 saturated carbocycles. The van der Waals surface area contributed by atoms with Gasteiger partial charge in [0.15, 0.2) is 0 Å². The summed E-state index contributed by atoms with van der Waals surface area (Å²) < 4.78 is 0. The Balaban J connectivity index is 2.06. The highest BCUT2D eigenvalue weighted by Gasteiger charge is 2.13. The van der Waals surface area contributed by atoms with Gasteiger partial charge in [-0.2, -0.15) is 0 Å². The third kappa shape index (κ3) is 3.72. The normalized spacial score (nSPS) is 10.6. The molecular weight excluding hydrogens is 334 g/mol. The maximum Gasteiger partial charge on any atom is 0.243 e. The van der Waals surface area contributed by atoms with Crippen molar-refractivity contribution in [2.24, 2.45) is 0 Å². The summed E-state index contributed by atoms with van der Waals surface area (Å²) >= 11 is 6.00. The highest BCUT2D eigenvalue weighted by molar-refractivity contribution is 6.28. The van der Waals surface area contributed by atoms with E-state index in [-0.39, 0.29) is 5.28 Å². The zero-order chi connectivity index (χ0) is 18.0. The van der Waals surface area contributed by atoms with Crippen LogP contribution in [0.25, 0.3) is 22.5 Å². The molecule has 2 aromatic carbocycles. The van der Waals surface area contributed by atoms with Crippen LogP contribution in [-0.4, -0.2) is 43.4 Å². The van der Waals surface area contributed by atoms with Crippen LogP contribution in [0, 0.1) is 0 Å². The molecule has 0 unspecified atom stereocenters. The van der Waals surface area contributed by atoms with Crippen molar-refractivity contribution in [2.45, 2.75) is 0 Å². The summed E-state index contributed by atoms with van der Waals surface area (Å²) in [5.41, 5.74) is 5.59. The molecule has 0 aliphatic rings. The molecule has 1 heterocycles. The van der Waals surface area contributed by atoms with E-state index in [0.717, 1.165) is 28.2 Å². The number of hydrogen-bond acceptors (Lipinski definition) is 5. The average molecular weight is 354 g/mol. The number of benzene rings is 2. The summed E-state index contributed by atoms with van der Waals surface area (Å²) in [6.07, 6.45) is 0. The minimum atomic E-state index is 0.139. The molecule has 0 atom stereocenters. The maximum atomic E-state index is 6.00. The molecule has 3 rings (SSSR count). The van der Waals surface area contributed by atoms with E-state index in [0.29, 0.717) is 5.69 Å². The molecule has 1 aromatic heterocycles. The van der Waals surface area contributed by atoms with E-state index in [2.05, 4.69) is 25.0 Å². The molecule has 0 aliphatic carbocycles. The summed E-state index contributed by atoms with van der Waals surface area (Å²) in [5, 5.41) is 8.36. The van der Waals surface area contributed by atoms with Crippen molar-refractivity contribution in [2.75, 3.05) is 38.0 Å². The summed E-state index contributed by atoms with van der Waals surface area (Å²) in [4.78, 5) is 8.52. The Morgan fingerprint density at radius 2 is 1.08 bits per heavy atom. The predicted molar refractivity (Wildman–Crippen MR) is 104 cm³/mol. The van der Waals surface area contributed by atoms with Crippen LogP contribution < -0.4 is 9.80 Å². The summed E-state index contributed by atoms with van der Waals surface area (Å²) in [5.74, 6) is 0. The van der Waals surface area contributed by atoms with Crippen molar-refractivity contribution < 1.29 is 0 Å². The molecule has 128 valence electrons. The third-order valence-electron chi connectivity index (χ3n) is 3.98. The Kier molecular flexibility index (Phi) is 4.86. The van der Waals surface area contributed by atoms with E-state index in [1.54, 1.807) is 0 Å².